The summed E-state index contributed by atoms with van der Waals surface area (Å²) in [6.07, 6.45) is 10.1. The summed E-state index contributed by atoms with van der Waals surface area (Å²) in [5.41, 5.74) is 3.35. The van der Waals surface area contributed by atoms with Gasteiger partial charge in [-0.3, -0.25) is 0 Å². The zero-order valence-corrected chi connectivity index (χ0v) is 19.4. The topological polar surface area (TPSA) is 53.5 Å². The van der Waals surface area contributed by atoms with Crippen LogP contribution >= 0.6 is 0 Å². The minimum Gasteiger partial charge on any atom is -0.450 e. The van der Waals surface area contributed by atoms with Gasteiger partial charge < -0.3 is 24.3 Å². The summed E-state index contributed by atoms with van der Waals surface area (Å²) >= 11 is 0. The molecule has 0 aromatic rings. The van der Waals surface area contributed by atoms with E-state index in [0.717, 1.165) is 37.7 Å². The Labute approximate surface area is 178 Å². The van der Waals surface area contributed by atoms with E-state index in [1.165, 1.54) is 11.3 Å². The minimum absolute atomic E-state index is 0.000463. The van der Waals surface area contributed by atoms with Gasteiger partial charge in [-0.15, -0.1) is 13.6 Å². The number of hydrogen-bond donors (Lipinski definition) is 1. The third kappa shape index (κ3) is 12.1. The quantitative estimate of drug-likeness (QED) is 0.225. The lowest BCUT2D eigenvalue weighted by Crippen LogP contribution is -2.73. The molecule has 0 aromatic heterocycles. The van der Waals surface area contributed by atoms with E-state index in [9.17, 15) is 0 Å². The molecule has 0 aliphatic heterocycles. The fourth-order valence-corrected chi connectivity index (χ4v) is 3.15. The van der Waals surface area contributed by atoms with Crippen LogP contribution in [0.15, 0.2) is 48.2 Å². The van der Waals surface area contributed by atoms with Gasteiger partial charge in [0.2, 0.25) is 0 Å². The first-order valence-electron chi connectivity index (χ1n) is 10.2. The van der Waals surface area contributed by atoms with Crippen LogP contribution in [0.2, 0.25) is 0 Å². The summed E-state index contributed by atoms with van der Waals surface area (Å²) < 4.78 is 22.7. The molecule has 0 unspecified atom stereocenters. The van der Waals surface area contributed by atoms with Gasteiger partial charge in [-0.05, 0) is 37.8 Å². The molecule has 0 aliphatic carbocycles. The van der Waals surface area contributed by atoms with Gasteiger partial charge in [0.25, 0.3) is 0 Å². The molecule has 5 nitrogen and oxygen atoms in total. The fourth-order valence-electron chi connectivity index (χ4n) is 3.15. The van der Waals surface area contributed by atoms with E-state index in [1.807, 2.05) is 18.3 Å². The normalized spacial score (nSPS) is 16.9. The smallest absolute Gasteiger partial charge is 0.0840 e. The summed E-state index contributed by atoms with van der Waals surface area (Å²) in [4.78, 5) is 0. The van der Waals surface area contributed by atoms with Crippen LogP contribution in [0.3, 0.4) is 0 Å². The van der Waals surface area contributed by atoms with Crippen molar-refractivity contribution in [3.8, 4) is 0 Å². The van der Waals surface area contributed by atoms with Crippen LogP contribution in [0, 0.1) is 7.05 Å². The third-order valence-electron chi connectivity index (χ3n) is 5.16. The zero-order valence-electron chi connectivity index (χ0n) is 19.4. The molecule has 0 rings (SSSR count). The molecule has 5 heteroatoms. The van der Waals surface area contributed by atoms with Crippen molar-refractivity contribution in [1.82, 2.24) is 0 Å². The first kappa shape index (κ1) is 27.8. The summed E-state index contributed by atoms with van der Waals surface area (Å²) in [7, 11) is 10.7. The molecule has 0 aromatic carbocycles. The summed E-state index contributed by atoms with van der Waals surface area (Å²) in [6.45, 7) is 12.2. The van der Waals surface area contributed by atoms with Crippen molar-refractivity contribution in [3.05, 3.63) is 55.3 Å². The first-order chi connectivity index (χ1) is 13.8. The highest BCUT2D eigenvalue weighted by atomic mass is 16.5. The van der Waals surface area contributed by atoms with E-state index in [0.29, 0.717) is 0 Å². The molecule has 0 spiro atoms. The van der Waals surface area contributed by atoms with Crippen molar-refractivity contribution in [1.29, 1.82) is 0 Å². The number of allylic oxidation sites excluding steroid dienone is 3. The van der Waals surface area contributed by atoms with Gasteiger partial charge in [-0.1, -0.05) is 24.3 Å². The maximum Gasteiger partial charge on any atom is 0.0840 e. The molecule has 4 atom stereocenters. The van der Waals surface area contributed by atoms with Crippen LogP contribution in [0.4, 0.5) is 0 Å². The number of hydrogen-bond acceptors (Lipinski definition) is 4. The molecule has 168 valence electrons. The van der Waals surface area contributed by atoms with Crippen molar-refractivity contribution in [2.24, 2.45) is 0 Å². The monoisotopic (exact) mass is 409 g/mol. The van der Waals surface area contributed by atoms with Gasteiger partial charge in [0.05, 0.1) is 30.1 Å². The predicted octanol–water partition coefficient (Wildman–Crippen LogP) is 3.94. The minimum atomic E-state index is -0.108. The fraction of sp³-hybridized carbons (Fsp3) is 0.625. The molecular formula is C24H43NO4. The van der Waals surface area contributed by atoms with Gasteiger partial charge in [0, 0.05) is 48.2 Å². The standard InChI is InChI=1S/C24H43NO4/c1-10-11-21(26-6)15-22(27-7)16-23(28-8)17-24(29-9)19(3)14-18(2)12-13-20(4)25-5/h10,13-14,21-24H,1,3,5,11-12,15-17,25H2,2,4,6-9H3/b18-14-,20-13+/t21-,22-,23-,24-/m0/s1. The van der Waals surface area contributed by atoms with Crippen LogP contribution in [0.5, 0.6) is 0 Å². The highest BCUT2D eigenvalue weighted by molar-refractivity contribution is 5.25. The average molecular weight is 410 g/mol. The lowest BCUT2D eigenvalue weighted by atomic mass is 9.96. The molecule has 0 saturated heterocycles. The van der Waals surface area contributed by atoms with E-state index < -0.39 is 0 Å². The van der Waals surface area contributed by atoms with Gasteiger partial charge in [-0.2, -0.15) is 0 Å². The highest BCUT2D eigenvalue weighted by Gasteiger charge is 2.23. The molecule has 29 heavy (non-hydrogen) atoms. The van der Waals surface area contributed by atoms with Gasteiger partial charge in [0.1, 0.15) is 0 Å². The maximum absolute atomic E-state index is 5.74. The van der Waals surface area contributed by atoms with Crippen LogP contribution in [0.25, 0.3) is 0 Å². The second-order valence-corrected chi connectivity index (χ2v) is 7.45. The van der Waals surface area contributed by atoms with Gasteiger partial charge in [0.15, 0.2) is 0 Å². The lowest BCUT2D eigenvalue weighted by molar-refractivity contribution is -0.542. The molecule has 0 bridgehead atoms. The van der Waals surface area contributed by atoms with Gasteiger partial charge in [-0.25, -0.2) is 0 Å². The molecule has 0 saturated carbocycles. The number of methoxy groups -OCH3 is 4. The van der Waals surface area contributed by atoms with E-state index in [4.69, 9.17) is 18.9 Å². The molecule has 0 aliphatic rings. The molecule has 0 amide bonds. The number of rotatable bonds is 17. The Morgan fingerprint density at radius 1 is 0.931 bits per heavy atom. The van der Waals surface area contributed by atoms with Crippen molar-refractivity contribution >= 4 is 0 Å². The lowest BCUT2D eigenvalue weighted by Gasteiger charge is -2.27. The van der Waals surface area contributed by atoms with Crippen LogP contribution < -0.4 is 5.32 Å². The maximum atomic E-state index is 5.74. The Hall–Kier alpha value is -1.24. The Kier molecular flexibility index (Phi) is 15.8. The largest absolute Gasteiger partial charge is 0.450 e. The second kappa shape index (κ2) is 16.5. The molecule has 0 radical (unpaired) electrons. The second-order valence-electron chi connectivity index (χ2n) is 7.45. The SMILES string of the molecule is C=CC[C@@H](C[C@@H](C[C@@H](C[C@H](OC)C(=C)/C=C(/C)C/C=C(\C)[NH2+][CH2-])OC)OC)OC. The predicted molar refractivity (Wildman–Crippen MR) is 120 cm³/mol. The number of quaternary nitrogens is 1. The molecule has 0 heterocycles. The number of nitrogens with two attached hydrogens (primary N) is 1. The molecule has 2 N–H and O–H groups in total. The van der Waals surface area contributed by atoms with E-state index in [-0.39, 0.29) is 24.4 Å². The van der Waals surface area contributed by atoms with Crippen LogP contribution in [-0.4, -0.2) is 52.9 Å². The average Bonchev–Trinajstić information content (AvgIpc) is 2.73. The Bertz CT molecular complexity index is 527. The van der Waals surface area contributed by atoms with E-state index in [1.54, 1.807) is 28.4 Å². The van der Waals surface area contributed by atoms with Crippen molar-refractivity contribution in [3.63, 3.8) is 0 Å². The summed E-state index contributed by atoms with van der Waals surface area (Å²) in [5.74, 6) is 0. The highest BCUT2D eigenvalue weighted by Crippen LogP contribution is 2.22. The summed E-state index contributed by atoms with van der Waals surface area (Å²) in [6, 6.07) is 0. The molecular weight excluding hydrogens is 366 g/mol. The van der Waals surface area contributed by atoms with Crippen molar-refractivity contribution in [2.45, 2.75) is 70.4 Å². The van der Waals surface area contributed by atoms with E-state index in [2.05, 4.69) is 39.3 Å². The first-order valence-corrected chi connectivity index (χ1v) is 10.2. The Balaban J connectivity index is 4.94. The van der Waals surface area contributed by atoms with Crippen molar-refractivity contribution < 1.29 is 24.3 Å². The van der Waals surface area contributed by atoms with Gasteiger partial charge >= 0.3 is 0 Å². The Morgan fingerprint density at radius 2 is 1.48 bits per heavy atom. The zero-order chi connectivity index (χ0) is 22.2. The van der Waals surface area contributed by atoms with E-state index >= 15 is 0 Å². The third-order valence-corrected chi connectivity index (χ3v) is 5.16. The molecule has 0 fully saturated rings. The number of ether oxygens (including phenoxy) is 4. The van der Waals surface area contributed by atoms with Crippen LogP contribution in [-0.2, 0) is 18.9 Å². The Morgan fingerprint density at radius 3 is 1.97 bits per heavy atom. The summed E-state index contributed by atoms with van der Waals surface area (Å²) in [5, 5.41) is 1.86. The van der Waals surface area contributed by atoms with Crippen LogP contribution in [0.1, 0.15) is 46.0 Å². The van der Waals surface area contributed by atoms with Crippen molar-refractivity contribution in [2.75, 3.05) is 28.4 Å².